The molecule has 0 aliphatic heterocycles. The molecule has 7 heteroatoms. The number of aryl methyl sites for hydroxylation is 1. The van der Waals surface area contributed by atoms with Gasteiger partial charge in [0.25, 0.3) is 0 Å². The number of aromatic nitrogens is 1. The lowest BCUT2D eigenvalue weighted by atomic mass is 9.87. The molecule has 3 aromatic rings. The number of nitrogens with zero attached hydrogens (tertiary/aromatic N) is 1. The first kappa shape index (κ1) is 29.8. The standard InChI is InChI=1S/C33H40F3NO3/c1-7-9-10-11-22-12-15-25(26(18-22)33(34,35)36)28-19-23-13-14-24(20-27(23)37(28)21(3)4)39-29-16-17-30(32(29,5)6)40-31(38)8-2/h8,12-15,18-21,29-30H,2,7,9-11,16-17H2,1,3-6H3. The zero-order valence-electron chi connectivity index (χ0n) is 24.1. The average Bonchev–Trinajstić information content (AvgIpc) is 3.40. The van der Waals surface area contributed by atoms with Gasteiger partial charge in [-0.15, -0.1) is 0 Å². The number of benzene rings is 2. The van der Waals surface area contributed by atoms with Crippen LogP contribution in [0.2, 0.25) is 0 Å². The number of unbranched alkanes of at least 4 members (excludes halogenated alkanes) is 2. The van der Waals surface area contributed by atoms with Crippen LogP contribution in [-0.2, 0) is 22.1 Å². The summed E-state index contributed by atoms with van der Waals surface area (Å²) in [5.74, 6) is 0.185. The first-order valence-electron chi connectivity index (χ1n) is 14.2. The predicted octanol–water partition coefficient (Wildman–Crippen LogP) is 9.31. The predicted molar refractivity (Wildman–Crippen MR) is 153 cm³/mol. The van der Waals surface area contributed by atoms with Gasteiger partial charge in [0, 0.05) is 40.2 Å². The number of rotatable bonds is 10. The van der Waals surface area contributed by atoms with Gasteiger partial charge < -0.3 is 14.0 Å². The lowest BCUT2D eigenvalue weighted by molar-refractivity contribution is -0.148. The van der Waals surface area contributed by atoms with Crippen LogP contribution in [0.1, 0.15) is 83.9 Å². The summed E-state index contributed by atoms with van der Waals surface area (Å²) in [6.07, 6.45) is 1.14. The number of fused-ring (bicyclic) bond motifs is 1. The van der Waals surface area contributed by atoms with E-state index in [-0.39, 0.29) is 23.8 Å². The Morgan fingerprint density at radius 3 is 2.48 bits per heavy atom. The molecule has 0 amide bonds. The number of carbonyl (C=O) groups is 1. The van der Waals surface area contributed by atoms with Crippen LogP contribution in [0.5, 0.6) is 5.75 Å². The van der Waals surface area contributed by atoms with E-state index in [0.29, 0.717) is 29.8 Å². The summed E-state index contributed by atoms with van der Waals surface area (Å²) in [4.78, 5) is 11.8. The number of carbonyl (C=O) groups excluding carboxylic acids is 1. The fourth-order valence-electron chi connectivity index (χ4n) is 5.85. The minimum atomic E-state index is -4.47. The molecule has 1 aliphatic carbocycles. The highest BCUT2D eigenvalue weighted by atomic mass is 19.4. The van der Waals surface area contributed by atoms with E-state index in [4.69, 9.17) is 9.47 Å². The SMILES string of the molecule is C=CC(=O)OC1CCC(Oc2ccc3cc(-c4ccc(CCCCC)cc4C(F)(F)F)n(C(C)C)c3c2)C1(C)C. The summed E-state index contributed by atoms with van der Waals surface area (Å²) in [6, 6.07) is 12.2. The van der Waals surface area contributed by atoms with E-state index in [1.165, 1.54) is 12.1 Å². The van der Waals surface area contributed by atoms with E-state index < -0.39 is 23.1 Å². The molecule has 2 unspecified atom stereocenters. The van der Waals surface area contributed by atoms with Crippen molar-refractivity contribution < 1.29 is 27.4 Å². The molecule has 2 aromatic carbocycles. The molecule has 0 N–H and O–H groups in total. The Morgan fingerprint density at radius 2 is 1.82 bits per heavy atom. The van der Waals surface area contributed by atoms with Gasteiger partial charge in [-0.25, -0.2) is 4.79 Å². The zero-order chi connectivity index (χ0) is 29.2. The quantitative estimate of drug-likeness (QED) is 0.142. The van der Waals surface area contributed by atoms with E-state index in [1.807, 2.05) is 62.6 Å². The fourth-order valence-corrected chi connectivity index (χ4v) is 5.85. The normalized spacial score (nSPS) is 18.8. The summed E-state index contributed by atoms with van der Waals surface area (Å²) in [7, 11) is 0. The van der Waals surface area contributed by atoms with Crippen molar-refractivity contribution >= 4 is 16.9 Å². The minimum Gasteiger partial charge on any atom is -0.490 e. The molecule has 2 atom stereocenters. The van der Waals surface area contributed by atoms with Crippen LogP contribution in [0.3, 0.4) is 0 Å². The van der Waals surface area contributed by atoms with Crippen LogP contribution in [0.15, 0.2) is 55.1 Å². The molecule has 4 rings (SSSR count). The van der Waals surface area contributed by atoms with Gasteiger partial charge in [0.05, 0.1) is 11.1 Å². The van der Waals surface area contributed by atoms with Gasteiger partial charge in [-0.05, 0) is 69.4 Å². The third-order valence-corrected chi connectivity index (χ3v) is 8.12. The maximum atomic E-state index is 14.3. The second-order valence-corrected chi connectivity index (χ2v) is 11.7. The molecular formula is C33H40F3NO3. The third-order valence-electron chi connectivity index (χ3n) is 8.12. The summed E-state index contributed by atoms with van der Waals surface area (Å²) < 4.78 is 56.9. The monoisotopic (exact) mass is 555 g/mol. The number of hydrogen-bond donors (Lipinski definition) is 0. The first-order valence-corrected chi connectivity index (χ1v) is 14.2. The van der Waals surface area contributed by atoms with Gasteiger partial charge in [-0.2, -0.15) is 13.2 Å². The Kier molecular flexibility index (Phi) is 8.72. The van der Waals surface area contributed by atoms with Gasteiger partial charge in [0.2, 0.25) is 0 Å². The summed E-state index contributed by atoms with van der Waals surface area (Å²) in [6.45, 7) is 13.5. The lowest BCUT2D eigenvalue weighted by Gasteiger charge is -2.32. The molecule has 1 heterocycles. The second kappa shape index (κ2) is 11.7. The zero-order valence-corrected chi connectivity index (χ0v) is 24.1. The Bertz CT molecular complexity index is 1370. The van der Waals surface area contributed by atoms with Crippen LogP contribution >= 0.6 is 0 Å². The second-order valence-electron chi connectivity index (χ2n) is 11.7. The maximum Gasteiger partial charge on any atom is 0.417 e. The molecular weight excluding hydrogens is 515 g/mol. The Hall–Kier alpha value is -3.22. The van der Waals surface area contributed by atoms with Crippen molar-refractivity contribution in [3.63, 3.8) is 0 Å². The molecule has 1 aromatic heterocycles. The first-order chi connectivity index (χ1) is 18.9. The van der Waals surface area contributed by atoms with Gasteiger partial charge in [-0.3, -0.25) is 0 Å². The molecule has 0 spiro atoms. The number of halogens is 3. The Balaban J connectivity index is 1.71. The Morgan fingerprint density at radius 1 is 1.10 bits per heavy atom. The molecule has 0 bridgehead atoms. The largest absolute Gasteiger partial charge is 0.490 e. The van der Waals surface area contributed by atoms with E-state index in [9.17, 15) is 18.0 Å². The van der Waals surface area contributed by atoms with Crippen molar-refractivity contribution in [2.45, 2.75) is 97.6 Å². The minimum absolute atomic E-state index is 0.0846. The fraction of sp³-hybridized carbons (Fsp3) is 0.485. The molecule has 1 fully saturated rings. The molecule has 1 saturated carbocycles. The van der Waals surface area contributed by atoms with Crippen molar-refractivity contribution in [1.29, 1.82) is 0 Å². The van der Waals surface area contributed by atoms with E-state index in [1.54, 1.807) is 6.07 Å². The van der Waals surface area contributed by atoms with Crippen LogP contribution < -0.4 is 4.74 Å². The number of ether oxygens (including phenoxy) is 2. The summed E-state index contributed by atoms with van der Waals surface area (Å²) >= 11 is 0. The van der Waals surface area contributed by atoms with Crippen molar-refractivity contribution in [1.82, 2.24) is 4.57 Å². The maximum absolute atomic E-state index is 14.3. The van der Waals surface area contributed by atoms with Gasteiger partial charge in [-0.1, -0.05) is 52.3 Å². The highest BCUT2D eigenvalue weighted by Gasteiger charge is 2.47. The highest BCUT2D eigenvalue weighted by molar-refractivity contribution is 5.89. The smallest absolute Gasteiger partial charge is 0.417 e. The lowest BCUT2D eigenvalue weighted by Crippen LogP contribution is -2.38. The third kappa shape index (κ3) is 6.08. The average molecular weight is 556 g/mol. The van der Waals surface area contributed by atoms with Crippen LogP contribution in [0.4, 0.5) is 13.2 Å². The van der Waals surface area contributed by atoms with E-state index >= 15 is 0 Å². The molecule has 0 saturated heterocycles. The van der Waals surface area contributed by atoms with E-state index in [2.05, 4.69) is 13.5 Å². The van der Waals surface area contributed by atoms with Crippen molar-refractivity contribution in [2.24, 2.45) is 5.41 Å². The topological polar surface area (TPSA) is 40.5 Å². The van der Waals surface area contributed by atoms with Crippen LogP contribution in [0.25, 0.3) is 22.2 Å². The van der Waals surface area contributed by atoms with Crippen molar-refractivity contribution in [3.8, 4) is 17.0 Å². The molecule has 0 radical (unpaired) electrons. The van der Waals surface area contributed by atoms with E-state index in [0.717, 1.165) is 36.6 Å². The van der Waals surface area contributed by atoms with Crippen molar-refractivity contribution in [3.05, 3.63) is 66.2 Å². The Labute approximate surface area is 235 Å². The number of hydrogen-bond acceptors (Lipinski definition) is 3. The molecule has 1 aliphatic rings. The highest BCUT2D eigenvalue weighted by Crippen LogP contribution is 2.44. The number of alkyl halides is 3. The summed E-state index contributed by atoms with van der Waals surface area (Å²) in [5.41, 5.74) is 1.22. The van der Waals surface area contributed by atoms with Crippen LogP contribution in [-0.4, -0.2) is 22.7 Å². The molecule has 40 heavy (non-hydrogen) atoms. The van der Waals surface area contributed by atoms with Gasteiger partial charge in [0.15, 0.2) is 0 Å². The molecule has 4 nitrogen and oxygen atoms in total. The van der Waals surface area contributed by atoms with Crippen molar-refractivity contribution in [2.75, 3.05) is 0 Å². The summed E-state index contributed by atoms with van der Waals surface area (Å²) in [5, 5.41) is 0.847. The molecule has 216 valence electrons. The number of esters is 1. The van der Waals surface area contributed by atoms with Crippen LogP contribution in [0, 0.1) is 5.41 Å². The van der Waals surface area contributed by atoms with Gasteiger partial charge >= 0.3 is 12.1 Å². The van der Waals surface area contributed by atoms with Gasteiger partial charge in [0.1, 0.15) is 18.0 Å².